The monoisotopic (exact) mass is 303 g/mol. The minimum atomic E-state index is -0.382. The van der Waals surface area contributed by atoms with Crippen LogP contribution in [-0.4, -0.2) is 47.9 Å². The molecule has 122 valence electrons. The van der Waals surface area contributed by atoms with E-state index in [0.717, 1.165) is 32.5 Å². The number of benzene rings is 1. The molecule has 0 spiro atoms. The predicted molar refractivity (Wildman–Crippen MR) is 90.3 cm³/mol. The van der Waals surface area contributed by atoms with Crippen molar-refractivity contribution in [1.82, 2.24) is 9.80 Å². The summed E-state index contributed by atoms with van der Waals surface area (Å²) in [6.45, 7) is 7.07. The van der Waals surface area contributed by atoms with E-state index in [4.69, 9.17) is 5.73 Å². The first kappa shape index (κ1) is 17.0. The third-order valence-electron chi connectivity index (χ3n) is 4.70. The number of hydrogen-bond acceptors (Lipinski definition) is 3. The summed E-state index contributed by atoms with van der Waals surface area (Å²) in [6.07, 6.45) is 2.06. The number of nitrogens with zero attached hydrogens (tertiary/aromatic N) is 2. The highest BCUT2D eigenvalue weighted by Crippen LogP contribution is 2.18. The van der Waals surface area contributed by atoms with Crippen LogP contribution in [0.25, 0.3) is 0 Å². The number of likely N-dealkylation sites (tertiary alicyclic amines) is 1. The van der Waals surface area contributed by atoms with E-state index in [-0.39, 0.29) is 17.9 Å². The fourth-order valence-corrected chi connectivity index (χ4v) is 3.01. The van der Waals surface area contributed by atoms with Gasteiger partial charge in [-0.05, 0) is 24.3 Å². The molecule has 1 aromatic carbocycles. The van der Waals surface area contributed by atoms with E-state index in [1.54, 1.807) is 0 Å². The molecule has 0 bridgehead atoms. The van der Waals surface area contributed by atoms with Crippen molar-refractivity contribution in [3.05, 3.63) is 35.9 Å². The van der Waals surface area contributed by atoms with E-state index in [1.165, 1.54) is 5.56 Å². The average Bonchev–Trinajstić information content (AvgIpc) is 2.54. The topological polar surface area (TPSA) is 49.6 Å². The van der Waals surface area contributed by atoms with Crippen molar-refractivity contribution >= 4 is 5.91 Å². The molecular weight excluding hydrogens is 274 g/mol. The van der Waals surface area contributed by atoms with Crippen LogP contribution in [0.3, 0.4) is 0 Å². The molecule has 1 aromatic rings. The van der Waals surface area contributed by atoms with E-state index < -0.39 is 0 Å². The third-order valence-corrected chi connectivity index (χ3v) is 4.70. The van der Waals surface area contributed by atoms with Crippen molar-refractivity contribution in [2.45, 2.75) is 45.3 Å². The summed E-state index contributed by atoms with van der Waals surface area (Å²) < 4.78 is 0. The maximum Gasteiger partial charge on any atom is 0.239 e. The lowest BCUT2D eigenvalue weighted by Crippen LogP contribution is -2.51. The summed E-state index contributed by atoms with van der Waals surface area (Å²) in [7, 11) is 1.90. The Morgan fingerprint density at radius 3 is 2.41 bits per heavy atom. The van der Waals surface area contributed by atoms with Crippen molar-refractivity contribution in [1.29, 1.82) is 0 Å². The Balaban J connectivity index is 1.83. The van der Waals surface area contributed by atoms with Crippen LogP contribution >= 0.6 is 0 Å². The van der Waals surface area contributed by atoms with Crippen LogP contribution < -0.4 is 5.73 Å². The zero-order chi connectivity index (χ0) is 16.1. The maximum atomic E-state index is 12.3. The Hall–Kier alpha value is -1.39. The van der Waals surface area contributed by atoms with Crippen LogP contribution in [0.2, 0.25) is 0 Å². The maximum absolute atomic E-state index is 12.3. The summed E-state index contributed by atoms with van der Waals surface area (Å²) in [5.74, 6) is 0.268. The van der Waals surface area contributed by atoms with Crippen LogP contribution in [0, 0.1) is 5.92 Å². The minimum absolute atomic E-state index is 0.0801. The van der Waals surface area contributed by atoms with Gasteiger partial charge in [-0.3, -0.25) is 9.69 Å². The molecule has 4 nitrogen and oxygen atoms in total. The standard InChI is InChI=1S/C18H29N3O/c1-14(2)17(19)18(22)20(3)16-9-11-21(12-10-16)13-15-7-5-4-6-8-15/h4-8,14,16-17H,9-13,19H2,1-3H3/t17-/m0/s1. The van der Waals surface area contributed by atoms with Gasteiger partial charge in [0.05, 0.1) is 6.04 Å². The lowest BCUT2D eigenvalue weighted by atomic mass is 9.99. The van der Waals surface area contributed by atoms with Gasteiger partial charge in [0.1, 0.15) is 0 Å². The van der Waals surface area contributed by atoms with Gasteiger partial charge in [-0.1, -0.05) is 44.2 Å². The van der Waals surface area contributed by atoms with Crippen molar-refractivity contribution in [3.63, 3.8) is 0 Å². The average molecular weight is 303 g/mol. The molecular formula is C18H29N3O. The van der Waals surface area contributed by atoms with Gasteiger partial charge in [0.25, 0.3) is 0 Å². The zero-order valence-corrected chi connectivity index (χ0v) is 14.0. The number of carbonyl (C=O) groups excluding carboxylic acids is 1. The molecule has 0 aliphatic carbocycles. The van der Waals surface area contributed by atoms with Gasteiger partial charge in [0, 0.05) is 32.7 Å². The normalized spacial score (nSPS) is 18.4. The summed E-state index contributed by atoms with van der Waals surface area (Å²) in [5.41, 5.74) is 7.35. The van der Waals surface area contributed by atoms with E-state index >= 15 is 0 Å². The lowest BCUT2D eigenvalue weighted by Gasteiger charge is -2.38. The quantitative estimate of drug-likeness (QED) is 0.906. The fraction of sp³-hybridized carbons (Fsp3) is 0.611. The highest BCUT2D eigenvalue weighted by atomic mass is 16.2. The molecule has 0 unspecified atom stereocenters. The van der Waals surface area contributed by atoms with Gasteiger partial charge in [-0.2, -0.15) is 0 Å². The van der Waals surface area contributed by atoms with Gasteiger partial charge in [-0.25, -0.2) is 0 Å². The number of amides is 1. The molecule has 0 saturated carbocycles. The highest BCUT2D eigenvalue weighted by Gasteiger charge is 2.29. The lowest BCUT2D eigenvalue weighted by molar-refractivity contribution is -0.135. The van der Waals surface area contributed by atoms with Gasteiger partial charge in [0.15, 0.2) is 0 Å². The molecule has 2 rings (SSSR count). The van der Waals surface area contributed by atoms with Gasteiger partial charge in [0.2, 0.25) is 5.91 Å². The van der Waals surface area contributed by atoms with E-state index in [9.17, 15) is 4.79 Å². The minimum Gasteiger partial charge on any atom is -0.341 e. The third kappa shape index (κ3) is 4.31. The van der Waals surface area contributed by atoms with Gasteiger partial charge >= 0.3 is 0 Å². The van der Waals surface area contributed by atoms with Crippen LogP contribution in [0.4, 0.5) is 0 Å². The van der Waals surface area contributed by atoms with E-state index in [0.29, 0.717) is 6.04 Å². The zero-order valence-electron chi connectivity index (χ0n) is 14.0. The summed E-state index contributed by atoms with van der Waals surface area (Å²) in [6, 6.07) is 10.5. The summed E-state index contributed by atoms with van der Waals surface area (Å²) in [4.78, 5) is 16.7. The fourth-order valence-electron chi connectivity index (χ4n) is 3.01. The molecule has 1 aliphatic heterocycles. The largest absolute Gasteiger partial charge is 0.341 e. The van der Waals surface area contributed by atoms with Crippen molar-refractivity contribution in [3.8, 4) is 0 Å². The number of likely N-dealkylation sites (N-methyl/N-ethyl adjacent to an activating group) is 1. The molecule has 1 amide bonds. The highest BCUT2D eigenvalue weighted by molar-refractivity contribution is 5.82. The Morgan fingerprint density at radius 1 is 1.27 bits per heavy atom. The van der Waals surface area contributed by atoms with Crippen molar-refractivity contribution < 1.29 is 4.79 Å². The Labute approximate surface area is 134 Å². The van der Waals surface area contributed by atoms with Crippen LogP contribution in [0.1, 0.15) is 32.3 Å². The predicted octanol–water partition coefficient (Wildman–Crippen LogP) is 2.09. The smallest absolute Gasteiger partial charge is 0.239 e. The van der Waals surface area contributed by atoms with Gasteiger partial charge in [-0.15, -0.1) is 0 Å². The first-order valence-electron chi connectivity index (χ1n) is 8.27. The molecule has 1 saturated heterocycles. The number of hydrogen-bond donors (Lipinski definition) is 1. The molecule has 0 radical (unpaired) electrons. The van der Waals surface area contributed by atoms with Crippen molar-refractivity contribution in [2.24, 2.45) is 11.7 Å². The SMILES string of the molecule is CC(C)[C@H](N)C(=O)N(C)C1CCN(Cc2ccccc2)CC1. The van der Waals surface area contributed by atoms with Crippen LogP contribution in [0.15, 0.2) is 30.3 Å². The number of piperidine rings is 1. The summed E-state index contributed by atoms with van der Waals surface area (Å²) in [5, 5.41) is 0. The molecule has 22 heavy (non-hydrogen) atoms. The van der Waals surface area contributed by atoms with E-state index in [2.05, 4.69) is 29.2 Å². The number of rotatable bonds is 5. The first-order valence-corrected chi connectivity index (χ1v) is 8.27. The molecule has 1 aliphatic rings. The second-order valence-corrected chi connectivity index (χ2v) is 6.71. The van der Waals surface area contributed by atoms with Crippen LogP contribution in [0.5, 0.6) is 0 Å². The Kier molecular flexibility index (Phi) is 5.98. The van der Waals surface area contributed by atoms with E-state index in [1.807, 2.05) is 31.9 Å². The Bertz CT molecular complexity index is 466. The molecule has 4 heteroatoms. The summed E-state index contributed by atoms with van der Waals surface area (Å²) >= 11 is 0. The molecule has 1 fully saturated rings. The van der Waals surface area contributed by atoms with Gasteiger partial charge < -0.3 is 10.6 Å². The molecule has 2 N–H and O–H groups in total. The molecule has 0 aromatic heterocycles. The van der Waals surface area contributed by atoms with Crippen molar-refractivity contribution in [2.75, 3.05) is 20.1 Å². The van der Waals surface area contributed by atoms with Crippen LogP contribution in [-0.2, 0) is 11.3 Å². The number of nitrogens with two attached hydrogens (primary N) is 1. The second-order valence-electron chi connectivity index (χ2n) is 6.71. The second kappa shape index (κ2) is 7.75. The first-order chi connectivity index (χ1) is 10.5. The molecule has 1 heterocycles. The Morgan fingerprint density at radius 2 is 1.86 bits per heavy atom. The number of carbonyl (C=O) groups is 1. The molecule has 1 atom stereocenters.